The van der Waals surface area contributed by atoms with Crippen molar-refractivity contribution < 1.29 is 14.3 Å². The quantitative estimate of drug-likeness (QED) is 0.365. The Morgan fingerprint density at radius 1 is 1.50 bits per heavy atom. The highest BCUT2D eigenvalue weighted by molar-refractivity contribution is 8.00. The van der Waals surface area contributed by atoms with Crippen LogP contribution in [0.5, 0.6) is 0 Å². The second-order valence-electron chi connectivity index (χ2n) is 3.94. The van der Waals surface area contributed by atoms with Crippen LogP contribution in [0.4, 0.5) is 0 Å². The molecule has 9 heteroatoms. The third-order valence-electron chi connectivity index (χ3n) is 2.38. The zero-order chi connectivity index (χ0) is 14.8. The van der Waals surface area contributed by atoms with Crippen molar-refractivity contribution in [3.63, 3.8) is 0 Å². The summed E-state index contributed by atoms with van der Waals surface area (Å²) in [6.07, 6.45) is 0. The number of hydrogen-bond acceptors (Lipinski definition) is 8. The van der Waals surface area contributed by atoms with E-state index in [1.807, 2.05) is 0 Å². The molecule has 8 nitrogen and oxygen atoms in total. The van der Waals surface area contributed by atoms with Crippen LogP contribution in [-0.4, -0.2) is 64.8 Å². The van der Waals surface area contributed by atoms with Gasteiger partial charge in [-0.2, -0.15) is 0 Å². The van der Waals surface area contributed by atoms with Crippen molar-refractivity contribution in [2.24, 2.45) is 0 Å². The van der Waals surface area contributed by atoms with Crippen LogP contribution in [0.2, 0.25) is 0 Å². The molecule has 0 aliphatic carbocycles. The van der Waals surface area contributed by atoms with E-state index in [9.17, 15) is 4.79 Å². The fourth-order valence-electron chi connectivity index (χ4n) is 1.37. The van der Waals surface area contributed by atoms with E-state index in [1.54, 1.807) is 25.6 Å². The number of nitrogens with one attached hydrogen (secondary N) is 1. The lowest BCUT2D eigenvalue weighted by molar-refractivity contribution is -0.142. The largest absolute Gasteiger partial charge is 0.465 e. The van der Waals surface area contributed by atoms with Gasteiger partial charge in [0.05, 0.1) is 19.8 Å². The van der Waals surface area contributed by atoms with Crippen LogP contribution in [0.25, 0.3) is 0 Å². The summed E-state index contributed by atoms with van der Waals surface area (Å²) in [4.78, 5) is 11.6. The highest BCUT2D eigenvalue weighted by atomic mass is 32.2. The van der Waals surface area contributed by atoms with E-state index < -0.39 is 0 Å². The lowest BCUT2D eigenvalue weighted by Crippen LogP contribution is -2.24. The molecule has 20 heavy (non-hydrogen) atoms. The Morgan fingerprint density at radius 3 is 3.00 bits per heavy atom. The SMILES string of the molecule is CCOC(=O)C(C)Sc1nnnn1CCNCCOC. The Balaban J connectivity index is 2.39. The molecule has 1 rings (SSSR count). The average Bonchev–Trinajstić information content (AvgIpc) is 2.86. The number of nitrogens with zero attached hydrogens (tertiary/aromatic N) is 4. The minimum Gasteiger partial charge on any atom is -0.465 e. The highest BCUT2D eigenvalue weighted by Crippen LogP contribution is 2.20. The van der Waals surface area contributed by atoms with Crippen LogP contribution >= 0.6 is 11.8 Å². The molecule has 0 radical (unpaired) electrons. The van der Waals surface area contributed by atoms with Gasteiger partial charge < -0.3 is 14.8 Å². The first-order valence-corrected chi connectivity index (χ1v) is 7.36. The van der Waals surface area contributed by atoms with Gasteiger partial charge in [-0.05, 0) is 24.3 Å². The summed E-state index contributed by atoms with van der Waals surface area (Å²) in [5.41, 5.74) is 0. The van der Waals surface area contributed by atoms with Gasteiger partial charge >= 0.3 is 5.97 Å². The van der Waals surface area contributed by atoms with Gasteiger partial charge in [0.15, 0.2) is 0 Å². The maximum atomic E-state index is 11.6. The van der Waals surface area contributed by atoms with E-state index in [-0.39, 0.29) is 11.2 Å². The number of methoxy groups -OCH3 is 1. The first kappa shape index (κ1) is 16.9. The molecule has 0 bridgehead atoms. The fourth-order valence-corrected chi connectivity index (χ4v) is 2.18. The van der Waals surface area contributed by atoms with E-state index in [0.29, 0.717) is 24.9 Å². The molecule has 0 aliphatic heterocycles. The second-order valence-corrected chi connectivity index (χ2v) is 5.25. The number of carbonyl (C=O) groups excluding carboxylic acids is 1. The molecule has 0 aromatic carbocycles. The van der Waals surface area contributed by atoms with Crippen molar-refractivity contribution in [2.75, 3.05) is 33.4 Å². The lowest BCUT2D eigenvalue weighted by Gasteiger charge is -2.10. The Labute approximate surface area is 122 Å². The molecule has 0 amide bonds. The molecule has 0 saturated carbocycles. The van der Waals surface area contributed by atoms with Gasteiger partial charge in [0.25, 0.3) is 0 Å². The van der Waals surface area contributed by atoms with Gasteiger partial charge in [-0.15, -0.1) is 5.10 Å². The molecule has 0 aliphatic rings. The van der Waals surface area contributed by atoms with Crippen LogP contribution < -0.4 is 5.32 Å². The Morgan fingerprint density at radius 2 is 2.30 bits per heavy atom. The molecule has 1 aromatic heterocycles. The third kappa shape index (κ3) is 5.85. The predicted molar refractivity (Wildman–Crippen MR) is 74.5 cm³/mol. The minimum atomic E-state index is -0.332. The van der Waals surface area contributed by atoms with E-state index in [2.05, 4.69) is 20.8 Å². The van der Waals surface area contributed by atoms with E-state index >= 15 is 0 Å². The molecule has 1 atom stereocenters. The third-order valence-corrected chi connectivity index (χ3v) is 3.43. The summed E-state index contributed by atoms with van der Waals surface area (Å²) in [5.74, 6) is -0.259. The van der Waals surface area contributed by atoms with Crippen molar-refractivity contribution in [1.82, 2.24) is 25.5 Å². The maximum Gasteiger partial charge on any atom is 0.319 e. The number of ether oxygens (including phenoxy) is 2. The smallest absolute Gasteiger partial charge is 0.319 e. The summed E-state index contributed by atoms with van der Waals surface area (Å²) >= 11 is 1.29. The molecule has 1 aromatic rings. The number of esters is 1. The molecule has 0 saturated heterocycles. The standard InChI is InChI=1S/C11H21N5O3S/c1-4-19-10(17)9(2)20-11-13-14-15-16(11)7-5-12-6-8-18-3/h9,12H,4-8H2,1-3H3. The van der Waals surface area contributed by atoms with Crippen molar-refractivity contribution in [2.45, 2.75) is 30.8 Å². The molecule has 114 valence electrons. The van der Waals surface area contributed by atoms with Gasteiger partial charge in [-0.25, -0.2) is 4.68 Å². The first-order valence-electron chi connectivity index (χ1n) is 6.48. The summed E-state index contributed by atoms with van der Waals surface area (Å²) < 4.78 is 11.6. The zero-order valence-electron chi connectivity index (χ0n) is 12.0. The summed E-state index contributed by atoms with van der Waals surface area (Å²) in [6, 6.07) is 0. The normalized spacial score (nSPS) is 12.3. The minimum absolute atomic E-state index is 0.259. The number of tetrazole rings is 1. The Hall–Kier alpha value is -1.19. The first-order chi connectivity index (χ1) is 9.69. The number of carbonyl (C=O) groups is 1. The zero-order valence-corrected chi connectivity index (χ0v) is 12.9. The topological polar surface area (TPSA) is 91.2 Å². The molecular formula is C11H21N5O3S. The van der Waals surface area contributed by atoms with Gasteiger partial charge in [0, 0.05) is 20.2 Å². The van der Waals surface area contributed by atoms with Crippen LogP contribution in [0, 0.1) is 0 Å². The van der Waals surface area contributed by atoms with E-state index in [4.69, 9.17) is 9.47 Å². The van der Waals surface area contributed by atoms with Gasteiger partial charge in [0.1, 0.15) is 5.25 Å². The highest BCUT2D eigenvalue weighted by Gasteiger charge is 2.19. The Kier molecular flexibility index (Phi) is 8.16. The molecular weight excluding hydrogens is 282 g/mol. The number of aromatic nitrogens is 4. The van der Waals surface area contributed by atoms with E-state index in [1.165, 1.54) is 11.8 Å². The number of thioether (sulfide) groups is 1. The fraction of sp³-hybridized carbons (Fsp3) is 0.818. The van der Waals surface area contributed by atoms with E-state index in [0.717, 1.165) is 13.1 Å². The average molecular weight is 303 g/mol. The monoisotopic (exact) mass is 303 g/mol. The summed E-state index contributed by atoms with van der Waals surface area (Å²) in [7, 11) is 1.66. The lowest BCUT2D eigenvalue weighted by atomic mass is 10.5. The van der Waals surface area contributed by atoms with Crippen molar-refractivity contribution in [1.29, 1.82) is 0 Å². The van der Waals surface area contributed by atoms with Gasteiger partial charge in [0.2, 0.25) is 5.16 Å². The van der Waals surface area contributed by atoms with Gasteiger partial charge in [-0.1, -0.05) is 11.8 Å². The molecule has 0 spiro atoms. The van der Waals surface area contributed by atoms with Crippen LogP contribution in [0.3, 0.4) is 0 Å². The number of rotatable bonds is 10. The maximum absolute atomic E-state index is 11.6. The molecule has 0 fully saturated rings. The van der Waals surface area contributed by atoms with Crippen molar-refractivity contribution in [3.05, 3.63) is 0 Å². The van der Waals surface area contributed by atoms with Crippen molar-refractivity contribution >= 4 is 17.7 Å². The van der Waals surface area contributed by atoms with Crippen LogP contribution in [0.1, 0.15) is 13.8 Å². The molecule has 1 N–H and O–H groups in total. The summed E-state index contributed by atoms with van der Waals surface area (Å²) in [6.45, 7) is 6.74. The van der Waals surface area contributed by atoms with Gasteiger partial charge in [-0.3, -0.25) is 4.79 Å². The van der Waals surface area contributed by atoms with Crippen LogP contribution in [-0.2, 0) is 20.8 Å². The van der Waals surface area contributed by atoms with Crippen molar-refractivity contribution in [3.8, 4) is 0 Å². The second kappa shape index (κ2) is 9.67. The molecule has 1 heterocycles. The molecule has 1 unspecified atom stereocenters. The summed E-state index contributed by atoms with van der Waals surface area (Å²) in [5, 5.41) is 14.9. The van der Waals surface area contributed by atoms with Crippen LogP contribution in [0.15, 0.2) is 5.16 Å². The Bertz CT molecular complexity index is 401. The number of hydrogen-bond donors (Lipinski definition) is 1. The predicted octanol–water partition coefficient (Wildman–Crippen LogP) is -0.0472.